The van der Waals surface area contributed by atoms with Gasteiger partial charge in [-0.05, 0) is 30.4 Å². The smallest absolute Gasteiger partial charge is 0.408 e. The van der Waals surface area contributed by atoms with Gasteiger partial charge in [-0.15, -0.1) is 11.3 Å². The Bertz CT molecular complexity index is 1470. The maximum atomic E-state index is 13.7. The van der Waals surface area contributed by atoms with Crippen molar-refractivity contribution in [2.45, 2.75) is 56.8 Å². The summed E-state index contributed by atoms with van der Waals surface area (Å²) in [6, 6.07) is 14.5. The van der Waals surface area contributed by atoms with E-state index in [0.717, 1.165) is 22.5 Å². The first-order valence-electron chi connectivity index (χ1n) is 14.5. The lowest BCUT2D eigenvalue weighted by molar-refractivity contribution is -0.130. The number of ketones is 1. The largest absolute Gasteiger partial charge is 0.445 e. The third-order valence-corrected chi connectivity index (χ3v) is 7.43. The van der Waals surface area contributed by atoms with E-state index in [1.165, 1.54) is 6.20 Å². The van der Waals surface area contributed by atoms with E-state index < -0.39 is 47.7 Å². The number of benzene rings is 2. The molecule has 0 unspecified atom stereocenters. The molecule has 2 aromatic carbocycles. The topological polar surface area (TPSA) is 234 Å². The molecule has 0 saturated carbocycles. The summed E-state index contributed by atoms with van der Waals surface area (Å²) >= 11 is 1.13. The molecule has 0 saturated heterocycles. The number of ether oxygens (including phenoxy) is 1. The highest BCUT2D eigenvalue weighted by Gasteiger charge is 2.31. The molecule has 1 aromatic heterocycles. The van der Waals surface area contributed by atoms with E-state index >= 15 is 0 Å². The molecule has 0 aliphatic heterocycles. The summed E-state index contributed by atoms with van der Waals surface area (Å²) in [5.74, 6) is -2.57. The van der Waals surface area contributed by atoms with E-state index in [1.807, 2.05) is 6.07 Å². The van der Waals surface area contributed by atoms with Gasteiger partial charge < -0.3 is 37.9 Å². The molecular formula is C31H38N8O6S. The average molecular weight is 651 g/mol. The second-order valence-corrected chi connectivity index (χ2v) is 11.1. The molecule has 1 heterocycles. The van der Waals surface area contributed by atoms with Crippen molar-refractivity contribution in [2.24, 2.45) is 22.2 Å². The second-order valence-electron chi connectivity index (χ2n) is 10.2. The predicted octanol–water partition coefficient (Wildman–Crippen LogP) is 1.15. The second kappa shape index (κ2) is 18.5. The zero-order valence-electron chi connectivity index (χ0n) is 25.1. The molecule has 0 aliphatic rings. The molecule has 0 fully saturated rings. The highest BCUT2D eigenvalue weighted by Crippen LogP contribution is 2.13. The normalized spacial score (nSPS) is 12.5. The lowest BCUT2D eigenvalue weighted by atomic mass is 10.0. The van der Waals surface area contributed by atoms with Crippen LogP contribution in [0.15, 0.2) is 77.2 Å². The Morgan fingerprint density at radius 1 is 0.804 bits per heavy atom. The van der Waals surface area contributed by atoms with Gasteiger partial charge in [0.15, 0.2) is 11.0 Å². The van der Waals surface area contributed by atoms with Crippen molar-refractivity contribution in [1.29, 1.82) is 0 Å². The van der Waals surface area contributed by atoms with Crippen molar-refractivity contribution in [3.63, 3.8) is 0 Å². The first-order valence-corrected chi connectivity index (χ1v) is 15.4. The van der Waals surface area contributed by atoms with Gasteiger partial charge >= 0.3 is 6.09 Å². The summed E-state index contributed by atoms with van der Waals surface area (Å²) in [4.78, 5) is 72.7. The van der Waals surface area contributed by atoms with Gasteiger partial charge in [0.1, 0.15) is 18.7 Å². The highest BCUT2D eigenvalue weighted by molar-refractivity contribution is 7.11. The molecule has 3 aromatic rings. The fraction of sp³-hybridized carbons (Fsp3) is 0.323. The fourth-order valence-electron chi connectivity index (χ4n) is 4.33. The van der Waals surface area contributed by atoms with E-state index in [0.29, 0.717) is 6.42 Å². The monoisotopic (exact) mass is 650 g/mol. The van der Waals surface area contributed by atoms with E-state index in [2.05, 4.69) is 25.9 Å². The van der Waals surface area contributed by atoms with Crippen LogP contribution in [-0.4, -0.2) is 65.2 Å². The third-order valence-electron chi connectivity index (χ3n) is 6.64. The number of primary amides is 1. The first kappa shape index (κ1) is 35.2. The summed E-state index contributed by atoms with van der Waals surface area (Å²) in [5.41, 5.74) is 17.6. The number of nitrogens with zero attached hydrogens (tertiary/aromatic N) is 2. The molecule has 0 bridgehead atoms. The van der Waals surface area contributed by atoms with Gasteiger partial charge in [-0.3, -0.25) is 24.2 Å². The van der Waals surface area contributed by atoms with Crippen LogP contribution in [0.3, 0.4) is 0 Å². The highest BCUT2D eigenvalue weighted by atomic mass is 32.1. The fourth-order valence-corrected chi connectivity index (χ4v) is 4.96. The molecule has 46 heavy (non-hydrogen) atoms. The number of aliphatic imine (C=N–C) groups is 1. The number of hydrogen-bond acceptors (Lipinski definition) is 9. The lowest BCUT2D eigenvalue weighted by Crippen LogP contribution is -2.56. The molecule has 0 aliphatic carbocycles. The van der Waals surface area contributed by atoms with Crippen LogP contribution in [0, 0.1) is 0 Å². The van der Waals surface area contributed by atoms with Gasteiger partial charge in [-0.1, -0.05) is 60.7 Å². The van der Waals surface area contributed by atoms with Crippen LogP contribution in [0.4, 0.5) is 4.79 Å². The maximum Gasteiger partial charge on any atom is 0.408 e. The Balaban J connectivity index is 1.78. The van der Waals surface area contributed by atoms with Crippen LogP contribution in [0.25, 0.3) is 0 Å². The van der Waals surface area contributed by atoms with Gasteiger partial charge in [0.05, 0.1) is 6.04 Å². The minimum Gasteiger partial charge on any atom is -0.445 e. The van der Waals surface area contributed by atoms with Gasteiger partial charge in [-0.25, -0.2) is 9.78 Å². The number of nitrogens with two attached hydrogens (primary N) is 3. The number of nitrogens with one attached hydrogen (secondary N) is 3. The SMILES string of the molecule is NC(=O)CC[C@H](NC(=O)OCc1ccccc1)C(=O)N[C@@H](Cc1ccccc1)C(=O)N[C@@H](CCCN=C(N)N)C(=O)c1nccs1. The molecule has 15 heteroatoms. The van der Waals surface area contributed by atoms with Crippen molar-refractivity contribution in [2.75, 3.05) is 6.54 Å². The zero-order valence-corrected chi connectivity index (χ0v) is 25.9. The molecule has 244 valence electrons. The van der Waals surface area contributed by atoms with Crippen LogP contribution >= 0.6 is 11.3 Å². The molecule has 0 spiro atoms. The van der Waals surface area contributed by atoms with Crippen LogP contribution in [-0.2, 0) is 32.1 Å². The van der Waals surface area contributed by atoms with Crippen LogP contribution < -0.4 is 33.2 Å². The van der Waals surface area contributed by atoms with E-state index in [1.54, 1.807) is 60.0 Å². The number of rotatable bonds is 18. The van der Waals surface area contributed by atoms with E-state index in [-0.39, 0.29) is 49.8 Å². The Morgan fingerprint density at radius 3 is 2.04 bits per heavy atom. The number of thiazole rings is 1. The lowest BCUT2D eigenvalue weighted by Gasteiger charge is -2.25. The maximum absolute atomic E-state index is 13.7. The van der Waals surface area contributed by atoms with Crippen molar-refractivity contribution >= 4 is 46.9 Å². The van der Waals surface area contributed by atoms with Crippen molar-refractivity contribution in [3.05, 3.63) is 88.4 Å². The number of guanidine groups is 1. The molecule has 14 nitrogen and oxygen atoms in total. The summed E-state index contributed by atoms with van der Waals surface area (Å²) in [6.07, 6.45) is 0.865. The Morgan fingerprint density at radius 2 is 1.43 bits per heavy atom. The van der Waals surface area contributed by atoms with Gasteiger partial charge in [-0.2, -0.15) is 0 Å². The molecule has 3 rings (SSSR count). The quantitative estimate of drug-likeness (QED) is 0.0501. The summed E-state index contributed by atoms with van der Waals surface area (Å²) in [7, 11) is 0. The Hall–Kier alpha value is -5.31. The minimum atomic E-state index is -1.26. The number of carbonyl (C=O) groups is 5. The van der Waals surface area contributed by atoms with E-state index in [9.17, 15) is 24.0 Å². The number of alkyl carbamates (subject to hydrolysis) is 1. The number of Topliss-reactive ketones (excluding diaryl/α,β-unsaturated/α-hetero) is 1. The number of hydrogen-bond donors (Lipinski definition) is 6. The van der Waals surface area contributed by atoms with Gasteiger partial charge in [0.2, 0.25) is 23.5 Å². The standard InChI is InChI=1S/C31H38N8O6S/c32-25(40)14-13-23(39-31(44)45-19-21-10-5-2-6-11-21)27(42)38-24(18-20-8-3-1-4-9-20)28(43)37-22(12-7-15-36-30(33)34)26(41)29-35-16-17-46-29/h1-6,8-11,16-17,22-24H,7,12-15,18-19H2,(H2,32,40)(H,37,43)(H,38,42)(H,39,44)(H4,33,34,36)/t22-,23-,24-/m0/s1. The van der Waals surface area contributed by atoms with Crippen LogP contribution in [0.1, 0.15) is 46.6 Å². The molecular weight excluding hydrogens is 612 g/mol. The van der Waals surface area contributed by atoms with Gasteiger partial charge in [0.25, 0.3) is 0 Å². The van der Waals surface area contributed by atoms with Crippen molar-refractivity contribution in [3.8, 4) is 0 Å². The zero-order chi connectivity index (χ0) is 33.3. The van der Waals surface area contributed by atoms with E-state index in [4.69, 9.17) is 21.9 Å². The Kier molecular flexibility index (Phi) is 14.1. The molecule has 0 radical (unpaired) electrons. The molecule has 4 amide bonds. The van der Waals surface area contributed by atoms with Crippen molar-refractivity contribution in [1.82, 2.24) is 20.9 Å². The Labute approximate surface area is 270 Å². The van der Waals surface area contributed by atoms with Crippen molar-refractivity contribution < 1.29 is 28.7 Å². The summed E-state index contributed by atoms with van der Waals surface area (Å²) in [5, 5.41) is 9.75. The minimum absolute atomic E-state index is 0.0480. The van der Waals surface area contributed by atoms with Crippen LogP contribution in [0.2, 0.25) is 0 Å². The number of carbonyl (C=O) groups excluding carboxylic acids is 5. The van der Waals surface area contributed by atoms with Gasteiger partial charge in [0, 0.05) is 31.0 Å². The summed E-state index contributed by atoms with van der Waals surface area (Å²) < 4.78 is 5.25. The number of amides is 4. The molecule has 3 atom stereocenters. The third kappa shape index (κ3) is 12.4. The van der Waals surface area contributed by atoms with Crippen LogP contribution in [0.5, 0.6) is 0 Å². The predicted molar refractivity (Wildman–Crippen MR) is 172 cm³/mol. The summed E-state index contributed by atoms with van der Waals surface area (Å²) in [6.45, 7) is 0.186. The number of aromatic nitrogens is 1. The molecule has 9 N–H and O–H groups in total. The first-order chi connectivity index (χ1) is 22.1. The average Bonchev–Trinajstić information content (AvgIpc) is 3.59.